The third-order valence-electron chi connectivity index (χ3n) is 2.95. The normalized spacial score (nSPS) is 18.1. The Morgan fingerprint density at radius 3 is 3.12 bits per heavy atom. The zero-order chi connectivity index (χ0) is 11.7. The van der Waals surface area contributed by atoms with Crippen molar-refractivity contribution in [2.24, 2.45) is 7.05 Å². The van der Waals surface area contributed by atoms with Gasteiger partial charge in [0.2, 0.25) is 0 Å². The van der Waals surface area contributed by atoms with Crippen LogP contribution in [0.1, 0.15) is 5.56 Å². The number of fused-ring (bicyclic) bond motifs is 1. The van der Waals surface area contributed by atoms with Crippen LogP contribution in [0.3, 0.4) is 0 Å². The number of nitrogens with one attached hydrogen (secondary N) is 1. The first-order chi connectivity index (χ1) is 8.31. The van der Waals surface area contributed by atoms with E-state index in [0.29, 0.717) is 5.25 Å². The van der Waals surface area contributed by atoms with Crippen molar-refractivity contribution in [2.75, 3.05) is 11.9 Å². The van der Waals surface area contributed by atoms with Crippen LogP contribution in [0.2, 0.25) is 0 Å². The Bertz CT molecular complexity index is 496. The van der Waals surface area contributed by atoms with Crippen molar-refractivity contribution in [1.29, 1.82) is 0 Å². The van der Waals surface area contributed by atoms with Crippen LogP contribution in [0.25, 0.3) is 0 Å². The summed E-state index contributed by atoms with van der Waals surface area (Å²) < 4.78 is 1.82. The Labute approximate surface area is 105 Å². The van der Waals surface area contributed by atoms with Gasteiger partial charge in [0.05, 0.1) is 11.9 Å². The molecule has 1 atom stereocenters. The second kappa shape index (κ2) is 4.45. The predicted molar refractivity (Wildman–Crippen MR) is 71.5 cm³/mol. The summed E-state index contributed by atoms with van der Waals surface area (Å²) in [5.41, 5.74) is 2.58. The predicted octanol–water partition coefficient (Wildman–Crippen LogP) is 2.55. The summed E-state index contributed by atoms with van der Waals surface area (Å²) in [4.78, 5) is 1.44. The Morgan fingerprint density at radius 2 is 2.35 bits per heavy atom. The Kier molecular flexibility index (Phi) is 2.81. The zero-order valence-corrected chi connectivity index (χ0v) is 10.6. The van der Waals surface area contributed by atoms with Crippen molar-refractivity contribution in [3.8, 4) is 0 Å². The van der Waals surface area contributed by atoms with E-state index >= 15 is 0 Å². The molecule has 0 fully saturated rings. The Hall–Kier alpha value is -1.42. The molecular formula is C13H15N3S. The second-order valence-corrected chi connectivity index (χ2v) is 5.68. The number of aromatic nitrogens is 2. The molecule has 3 rings (SSSR count). The third-order valence-corrected chi connectivity index (χ3v) is 4.27. The van der Waals surface area contributed by atoms with Gasteiger partial charge in [0.25, 0.3) is 0 Å². The molecule has 2 aromatic rings. The molecule has 1 aromatic heterocycles. The van der Waals surface area contributed by atoms with E-state index in [4.69, 9.17) is 0 Å². The fraction of sp³-hybridized carbons (Fsp3) is 0.308. The maximum Gasteiger partial charge on any atom is 0.0726 e. The standard InChI is InChI=1S/C13H15N3S/c1-16-9-11(7-15-16)14-8-12-6-10-4-2-3-5-13(10)17-12/h2-5,7,9,12,14H,6,8H2,1H3. The van der Waals surface area contributed by atoms with Crippen LogP contribution >= 0.6 is 11.8 Å². The van der Waals surface area contributed by atoms with E-state index in [1.807, 2.05) is 35.9 Å². The monoisotopic (exact) mass is 245 g/mol. The fourth-order valence-corrected chi connectivity index (χ4v) is 3.36. The molecule has 1 aromatic carbocycles. The number of nitrogens with zero attached hydrogens (tertiary/aromatic N) is 2. The van der Waals surface area contributed by atoms with Gasteiger partial charge in [-0.1, -0.05) is 18.2 Å². The van der Waals surface area contributed by atoms with Gasteiger partial charge in [-0.25, -0.2) is 0 Å². The second-order valence-electron chi connectivity index (χ2n) is 4.34. The molecule has 1 N–H and O–H groups in total. The van der Waals surface area contributed by atoms with Crippen molar-refractivity contribution < 1.29 is 0 Å². The van der Waals surface area contributed by atoms with Crippen LogP contribution in [0.5, 0.6) is 0 Å². The lowest BCUT2D eigenvalue weighted by Gasteiger charge is -2.09. The van der Waals surface area contributed by atoms with E-state index in [1.54, 1.807) is 0 Å². The molecule has 0 amide bonds. The van der Waals surface area contributed by atoms with E-state index in [0.717, 1.165) is 18.7 Å². The SMILES string of the molecule is Cn1cc(NCC2Cc3ccccc3S2)cn1. The number of anilines is 1. The van der Waals surface area contributed by atoms with Crippen molar-refractivity contribution in [2.45, 2.75) is 16.6 Å². The number of benzene rings is 1. The topological polar surface area (TPSA) is 29.9 Å². The first-order valence-corrected chi connectivity index (χ1v) is 6.66. The van der Waals surface area contributed by atoms with Gasteiger partial charge < -0.3 is 5.32 Å². The van der Waals surface area contributed by atoms with E-state index in [-0.39, 0.29) is 0 Å². The minimum atomic E-state index is 0.632. The molecule has 2 heterocycles. The van der Waals surface area contributed by atoms with Crippen LogP contribution < -0.4 is 5.32 Å². The molecule has 1 aliphatic rings. The molecule has 0 aliphatic carbocycles. The minimum Gasteiger partial charge on any atom is -0.381 e. The number of rotatable bonds is 3. The summed E-state index contributed by atoms with van der Waals surface area (Å²) in [6.07, 6.45) is 5.04. The summed E-state index contributed by atoms with van der Waals surface area (Å²) in [5.74, 6) is 0. The molecule has 0 saturated heterocycles. The van der Waals surface area contributed by atoms with Gasteiger partial charge in [0.1, 0.15) is 0 Å². The molecule has 1 aliphatic heterocycles. The van der Waals surface area contributed by atoms with Crippen molar-refractivity contribution >= 4 is 17.4 Å². The van der Waals surface area contributed by atoms with Gasteiger partial charge >= 0.3 is 0 Å². The highest BCUT2D eigenvalue weighted by Crippen LogP contribution is 2.36. The Morgan fingerprint density at radius 1 is 1.47 bits per heavy atom. The molecule has 1 unspecified atom stereocenters. The summed E-state index contributed by atoms with van der Waals surface area (Å²) in [6.45, 7) is 0.991. The summed E-state index contributed by atoms with van der Waals surface area (Å²) in [5, 5.41) is 8.22. The van der Waals surface area contributed by atoms with Gasteiger partial charge in [-0.05, 0) is 18.1 Å². The quantitative estimate of drug-likeness (QED) is 0.901. The molecular weight excluding hydrogens is 230 g/mol. The first kappa shape index (κ1) is 10.7. The first-order valence-electron chi connectivity index (χ1n) is 5.78. The Balaban J connectivity index is 1.59. The van der Waals surface area contributed by atoms with Crippen LogP contribution in [0.15, 0.2) is 41.6 Å². The highest BCUT2D eigenvalue weighted by atomic mass is 32.2. The van der Waals surface area contributed by atoms with Crippen LogP contribution in [0, 0.1) is 0 Å². The van der Waals surface area contributed by atoms with E-state index in [9.17, 15) is 0 Å². The molecule has 0 saturated carbocycles. The van der Waals surface area contributed by atoms with Crippen molar-refractivity contribution in [3.05, 3.63) is 42.2 Å². The maximum absolute atomic E-state index is 4.15. The molecule has 0 bridgehead atoms. The van der Waals surface area contributed by atoms with E-state index in [2.05, 4.69) is 34.7 Å². The van der Waals surface area contributed by atoms with Gasteiger partial charge in [-0.3, -0.25) is 4.68 Å². The van der Waals surface area contributed by atoms with Crippen LogP contribution in [0.4, 0.5) is 5.69 Å². The highest BCUT2D eigenvalue weighted by Gasteiger charge is 2.21. The molecule has 0 spiro atoms. The lowest BCUT2D eigenvalue weighted by molar-refractivity contribution is 0.768. The summed E-state index contributed by atoms with van der Waals surface area (Å²) in [6, 6.07) is 8.68. The summed E-state index contributed by atoms with van der Waals surface area (Å²) >= 11 is 1.97. The highest BCUT2D eigenvalue weighted by molar-refractivity contribution is 8.00. The van der Waals surface area contributed by atoms with Gasteiger partial charge in [-0.15, -0.1) is 11.8 Å². The average molecular weight is 245 g/mol. The number of aryl methyl sites for hydroxylation is 1. The molecule has 3 nitrogen and oxygen atoms in total. The third kappa shape index (κ3) is 2.31. The maximum atomic E-state index is 4.15. The zero-order valence-electron chi connectivity index (χ0n) is 9.76. The van der Waals surface area contributed by atoms with Gasteiger partial charge in [-0.2, -0.15) is 5.10 Å². The van der Waals surface area contributed by atoms with E-state index in [1.165, 1.54) is 10.5 Å². The van der Waals surface area contributed by atoms with Crippen LogP contribution in [-0.4, -0.2) is 21.6 Å². The number of thioether (sulfide) groups is 1. The lowest BCUT2D eigenvalue weighted by atomic mass is 10.1. The lowest BCUT2D eigenvalue weighted by Crippen LogP contribution is -2.15. The molecule has 0 radical (unpaired) electrons. The van der Waals surface area contributed by atoms with E-state index < -0.39 is 0 Å². The minimum absolute atomic E-state index is 0.632. The summed E-state index contributed by atoms with van der Waals surface area (Å²) in [7, 11) is 1.94. The number of hydrogen-bond donors (Lipinski definition) is 1. The molecule has 88 valence electrons. The fourth-order valence-electron chi connectivity index (χ4n) is 2.11. The molecule has 4 heteroatoms. The van der Waals surface area contributed by atoms with Gasteiger partial charge in [0.15, 0.2) is 0 Å². The van der Waals surface area contributed by atoms with Crippen LogP contribution in [-0.2, 0) is 13.5 Å². The van der Waals surface area contributed by atoms with Crippen molar-refractivity contribution in [3.63, 3.8) is 0 Å². The van der Waals surface area contributed by atoms with Crippen molar-refractivity contribution in [1.82, 2.24) is 9.78 Å². The van der Waals surface area contributed by atoms with Gasteiger partial charge in [0, 0.05) is 29.9 Å². The smallest absolute Gasteiger partial charge is 0.0726 e. The largest absolute Gasteiger partial charge is 0.381 e. The average Bonchev–Trinajstić information content (AvgIpc) is 2.91. The molecule has 17 heavy (non-hydrogen) atoms. The number of hydrogen-bond acceptors (Lipinski definition) is 3.